The number of aliphatic hydroxyl groups is 1. The first kappa shape index (κ1) is 24.0. The predicted molar refractivity (Wildman–Crippen MR) is 133 cm³/mol. The summed E-state index contributed by atoms with van der Waals surface area (Å²) >= 11 is 0. The third kappa shape index (κ3) is 5.85. The highest BCUT2D eigenvalue weighted by Crippen LogP contribution is 2.39. The molecule has 1 saturated heterocycles. The second kappa shape index (κ2) is 10.4. The Balaban J connectivity index is 1.43. The molecule has 1 aromatic heterocycles. The summed E-state index contributed by atoms with van der Waals surface area (Å²) in [6, 6.07) is 8.22. The molecule has 1 aliphatic carbocycles. The van der Waals surface area contributed by atoms with E-state index in [9.17, 15) is 5.11 Å². The maximum Gasteiger partial charge on any atom is 0.247 e. The number of anilines is 1. The van der Waals surface area contributed by atoms with Gasteiger partial charge in [-0.2, -0.15) is 0 Å². The summed E-state index contributed by atoms with van der Waals surface area (Å²) in [7, 11) is 4.07. The van der Waals surface area contributed by atoms with Gasteiger partial charge in [0.05, 0.1) is 6.10 Å². The molecular weight excluding hydrogens is 412 g/mol. The first-order chi connectivity index (χ1) is 15.8. The molecule has 0 spiro atoms. The minimum Gasteiger partial charge on any atom is -0.421 e. The smallest absolute Gasteiger partial charge is 0.247 e. The molecule has 0 bridgehead atoms. The summed E-state index contributed by atoms with van der Waals surface area (Å²) in [5.41, 5.74) is 3.56. The molecule has 1 aliphatic heterocycles. The number of nitrogens with zero attached hydrogens (tertiary/aromatic N) is 4. The topological polar surface area (TPSA) is 65.6 Å². The molecular formula is C27H40N4O2. The van der Waals surface area contributed by atoms with E-state index in [4.69, 9.17) is 4.42 Å². The Kier molecular flexibility index (Phi) is 7.55. The van der Waals surface area contributed by atoms with Gasteiger partial charge in [0.15, 0.2) is 0 Å². The van der Waals surface area contributed by atoms with Crippen LogP contribution in [0.4, 0.5) is 5.69 Å². The molecule has 3 atom stereocenters. The SMILES string of the molecule is CC1=CC(CN2CCC(O)CC2)C(C(C)C)CC1Cc1nnc(-c2ccc(N(C)C)cc2)o1. The van der Waals surface area contributed by atoms with Crippen molar-refractivity contribution in [1.82, 2.24) is 15.1 Å². The van der Waals surface area contributed by atoms with Crippen molar-refractivity contribution in [2.24, 2.45) is 23.7 Å². The van der Waals surface area contributed by atoms with Crippen LogP contribution in [-0.2, 0) is 6.42 Å². The molecule has 1 aromatic carbocycles. The average molecular weight is 453 g/mol. The average Bonchev–Trinajstić information content (AvgIpc) is 3.25. The molecule has 0 saturated carbocycles. The van der Waals surface area contributed by atoms with E-state index in [1.54, 1.807) is 0 Å². The Bertz CT molecular complexity index is 926. The zero-order valence-corrected chi connectivity index (χ0v) is 20.9. The molecule has 180 valence electrons. The number of piperidine rings is 1. The molecule has 3 unspecified atom stereocenters. The van der Waals surface area contributed by atoms with Crippen LogP contribution in [0.25, 0.3) is 11.5 Å². The minimum absolute atomic E-state index is 0.111. The molecule has 6 heteroatoms. The van der Waals surface area contributed by atoms with Crippen molar-refractivity contribution in [3.63, 3.8) is 0 Å². The zero-order chi connectivity index (χ0) is 23.5. The van der Waals surface area contributed by atoms with Gasteiger partial charge in [-0.15, -0.1) is 10.2 Å². The van der Waals surface area contributed by atoms with Crippen LogP contribution in [0.3, 0.4) is 0 Å². The molecule has 33 heavy (non-hydrogen) atoms. The molecule has 0 amide bonds. The van der Waals surface area contributed by atoms with Gasteiger partial charge in [0.2, 0.25) is 11.8 Å². The largest absolute Gasteiger partial charge is 0.421 e. The van der Waals surface area contributed by atoms with Crippen LogP contribution in [0.15, 0.2) is 40.3 Å². The number of allylic oxidation sites excluding steroid dienone is 1. The summed E-state index contributed by atoms with van der Waals surface area (Å²) in [4.78, 5) is 4.62. The molecule has 1 fully saturated rings. The van der Waals surface area contributed by atoms with Crippen molar-refractivity contribution in [3.05, 3.63) is 41.8 Å². The maximum atomic E-state index is 9.84. The summed E-state index contributed by atoms with van der Waals surface area (Å²) in [6.45, 7) is 10.1. The van der Waals surface area contributed by atoms with E-state index in [1.807, 2.05) is 26.2 Å². The first-order valence-corrected chi connectivity index (χ1v) is 12.5. The van der Waals surface area contributed by atoms with Crippen molar-refractivity contribution in [2.45, 2.75) is 52.6 Å². The van der Waals surface area contributed by atoms with Crippen molar-refractivity contribution < 1.29 is 9.52 Å². The summed E-state index contributed by atoms with van der Waals surface area (Å²) in [5, 5.41) is 18.5. The van der Waals surface area contributed by atoms with Gasteiger partial charge < -0.3 is 19.3 Å². The number of benzene rings is 1. The van der Waals surface area contributed by atoms with Crippen molar-refractivity contribution >= 4 is 5.69 Å². The van der Waals surface area contributed by atoms with E-state index in [1.165, 1.54) is 5.57 Å². The van der Waals surface area contributed by atoms with Gasteiger partial charge in [0, 0.05) is 51.4 Å². The maximum absolute atomic E-state index is 9.84. The van der Waals surface area contributed by atoms with Crippen LogP contribution in [-0.4, -0.2) is 60.0 Å². The Morgan fingerprint density at radius 3 is 2.45 bits per heavy atom. The van der Waals surface area contributed by atoms with Gasteiger partial charge in [-0.3, -0.25) is 0 Å². The van der Waals surface area contributed by atoms with E-state index in [0.717, 1.165) is 62.5 Å². The fraction of sp³-hybridized carbons (Fsp3) is 0.630. The van der Waals surface area contributed by atoms with Gasteiger partial charge in [-0.25, -0.2) is 0 Å². The summed E-state index contributed by atoms with van der Waals surface area (Å²) < 4.78 is 6.08. The van der Waals surface area contributed by atoms with Gasteiger partial charge in [0.1, 0.15) is 0 Å². The number of hydrogen-bond acceptors (Lipinski definition) is 6. The number of hydrogen-bond donors (Lipinski definition) is 1. The fourth-order valence-electron chi connectivity index (χ4n) is 5.45. The second-order valence-corrected chi connectivity index (χ2v) is 10.6. The fourth-order valence-corrected chi connectivity index (χ4v) is 5.45. The zero-order valence-electron chi connectivity index (χ0n) is 20.9. The molecule has 1 N–H and O–H groups in total. The van der Waals surface area contributed by atoms with E-state index in [2.05, 4.69) is 59.0 Å². The lowest BCUT2D eigenvalue weighted by Crippen LogP contribution is -2.42. The van der Waals surface area contributed by atoms with Gasteiger partial charge in [0.25, 0.3) is 0 Å². The Hall–Kier alpha value is -2.18. The highest BCUT2D eigenvalue weighted by Gasteiger charge is 2.34. The standard InChI is InChI=1S/C27H40N4O2/c1-18(2)25-15-21(19(3)14-22(25)17-31-12-10-24(32)11-13-31)16-26-28-29-27(33-26)20-6-8-23(9-7-20)30(4)5/h6-9,14,18,21-22,24-25,32H,10-13,15-17H2,1-5H3. The van der Waals surface area contributed by atoms with E-state index in [-0.39, 0.29) is 6.10 Å². The Morgan fingerprint density at radius 2 is 1.82 bits per heavy atom. The quantitative estimate of drug-likeness (QED) is 0.617. The van der Waals surface area contributed by atoms with Crippen molar-refractivity contribution in [1.29, 1.82) is 0 Å². The molecule has 4 rings (SSSR count). The van der Waals surface area contributed by atoms with Crippen LogP contribution in [0.2, 0.25) is 0 Å². The Morgan fingerprint density at radius 1 is 1.12 bits per heavy atom. The normalized spacial score (nSPS) is 24.8. The van der Waals surface area contributed by atoms with Crippen molar-refractivity contribution in [2.75, 3.05) is 38.6 Å². The summed E-state index contributed by atoms with van der Waals surface area (Å²) in [6.07, 6.45) is 6.18. The third-order valence-electron chi connectivity index (χ3n) is 7.63. The monoisotopic (exact) mass is 452 g/mol. The number of aromatic nitrogens is 2. The van der Waals surface area contributed by atoms with Crippen LogP contribution in [0.5, 0.6) is 0 Å². The van der Waals surface area contributed by atoms with Gasteiger partial charge in [-0.05, 0) is 74.1 Å². The lowest BCUT2D eigenvalue weighted by atomic mass is 9.69. The molecule has 2 aliphatic rings. The minimum atomic E-state index is -0.111. The Labute approximate surface area is 198 Å². The molecule has 6 nitrogen and oxygen atoms in total. The van der Waals surface area contributed by atoms with Gasteiger partial charge >= 0.3 is 0 Å². The number of aliphatic hydroxyl groups excluding tert-OH is 1. The molecule has 2 aromatic rings. The third-order valence-corrected chi connectivity index (χ3v) is 7.63. The second-order valence-electron chi connectivity index (χ2n) is 10.6. The highest BCUT2D eigenvalue weighted by atomic mass is 16.4. The molecule has 0 radical (unpaired) electrons. The van der Waals surface area contributed by atoms with Crippen molar-refractivity contribution in [3.8, 4) is 11.5 Å². The summed E-state index contributed by atoms with van der Waals surface area (Å²) in [5.74, 6) is 3.62. The highest BCUT2D eigenvalue weighted by molar-refractivity contribution is 5.58. The lowest BCUT2D eigenvalue weighted by Gasteiger charge is -2.40. The number of rotatable bonds is 7. The van der Waals surface area contributed by atoms with Crippen LogP contribution >= 0.6 is 0 Å². The van der Waals surface area contributed by atoms with E-state index >= 15 is 0 Å². The molecule has 2 heterocycles. The van der Waals surface area contributed by atoms with Crippen LogP contribution in [0.1, 0.15) is 45.9 Å². The van der Waals surface area contributed by atoms with Crippen LogP contribution in [0, 0.1) is 23.7 Å². The first-order valence-electron chi connectivity index (χ1n) is 12.5. The van der Waals surface area contributed by atoms with E-state index < -0.39 is 0 Å². The van der Waals surface area contributed by atoms with Gasteiger partial charge in [-0.1, -0.05) is 25.5 Å². The lowest BCUT2D eigenvalue weighted by molar-refractivity contribution is 0.0670. The number of likely N-dealkylation sites (tertiary alicyclic amines) is 1. The van der Waals surface area contributed by atoms with Crippen LogP contribution < -0.4 is 4.90 Å². The van der Waals surface area contributed by atoms with E-state index in [0.29, 0.717) is 29.6 Å². The predicted octanol–water partition coefficient (Wildman–Crippen LogP) is 4.66.